The number of hydrogen-bond donors (Lipinski definition) is 3. The van der Waals surface area contributed by atoms with Crippen LogP contribution >= 0.6 is 11.3 Å². The minimum atomic E-state index is -0.0849. The minimum Gasteiger partial charge on any atom is -0.492 e. The Morgan fingerprint density at radius 3 is 2.57 bits per heavy atom. The first kappa shape index (κ1) is 14.5. The average molecular weight is 310 g/mol. The summed E-state index contributed by atoms with van der Waals surface area (Å²) in [6.45, 7) is 1.75. The van der Waals surface area contributed by atoms with Crippen LogP contribution in [0.3, 0.4) is 0 Å². The Labute approximate surface area is 128 Å². The van der Waals surface area contributed by atoms with Gasteiger partial charge in [-0.2, -0.15) is 0 Å². The van der Waals surface area contributed by atoms with E-state index in [4.69, 9.17) is 16.2 Å². The molecule has 3 rings (SSSR count). The van der Waals surface area contributed by atoms with Crippen molar-refractivity contribution in [2.45, 2.75) is 37.8 Å². The van der Waals surface area contributed by atoms with Gasteiger partial charge in [0.2, 0.25) is 0 Å². The van der Waals surface area contributed by atoms with Crippen molar-refractivity contribution in [3.8, 4) is 5.75 Å². The second kappa shape index (κ2) is 5.73. The van der Waals surface area contributed by atoms with Crippen LogP contribution in [0.1, 0.15) is 35.4 Å². The number of nitrogen functional groups attached to an aromatic ring is 1. The number of carbonyl (C=O) groups is 1. The Hall–Kier alpha value is -1.47. The number of methoxy groups -OCH3 is 1. The summed E-state index contributed by atoms with van der Waals surface area (Å²) in [7, 11) is 1.60. The predicted octanol–water partition coefficient (Wildman–Crippen LogP) is 1.16. The molecule has 2 aliphatic rings. The Morgan fingerprint density at radius 2 is 2.00 bits per heavy atom. The highest BCUT2D eigenvalue weighted by Gasteiger charge is 2.30. The Balaban J connectivity index is 1.83. The van der Waals surface area contributed by atoms with Crippen LogP contribution in [0.5, 0.6) is 5.75 Å². The van der Waals surface area contributed by atoms with Gasteiger partial charge in [-0.15, -0.1) is 11.3 Å². The molecule has 0 radical (unpaired) electrons. The van der Waals surface area contributed by atoms with Crippen molar-refractivity contribution >= 4 is 27.9 Å². The Bertz CT molecular complexity index is 533. The smallest absolute Gasteiger partial charge is 0.263 e. The predicted molar refractivity (Wildman–Crippen MR) is 85.2 cm³/mol. The maximum absolute atomic E-state index is 12.3. The molecule has 116 valence electrons. The molecule has 0 spiro atoms. The number of anilines is 2. The molecule has 0 bridgehead atoms. The summed E-state index contributed by atoms with van der Waals surface area (Å²) in [6.07, 6.45) is 4.02. The normalized spacial score (nSPS) is 19.6. The van der Waals surface area contributed by atoms with E-state index in [0.717, 1.165) is 43.8 Å². The van der Waals surface area contributed by atoms with Gasteiger partial charge < -0.3 is 26.4 Å². The van der Waals surface area contributed by atoms with Gasteiger partial charge in [-0.3, -0.25) is 4.79 Å². The highest BCUT2D eigenvalue weighted by atomic mass is 32.1. The summed E-state index contributed by atoms with van der Waals surface area (Å²) >= 11 is 1.42. The molecule has 1 aliphatic heterocycles. The number of nitrogens with two attached hydrogens (primary N) is 2. The number of carbonyl (C=O) groups excluding carboxylic acids is 1. The van der Waals surface area contributed by atoms with Crippen molar-refractivity contribution in [3.05, 3.63) is 4.88 Å². The lowest BCUT2D eigenvalue weighted by molar-refractivity contribution is 0.0956. The van der Waals surface area contributed by atoms with Crippen molar-refractivity contribution in [2.24, 2.45) is 5.73 Å². The lowest BCUT2D eigenvalue weighted by Crippen LogP contribution is -2.39. The molecule has 1 aliphatic carbocycles. The van der Waals surface area contributed by atoms with Crippen LogP contribution in [0.2, 0.25) is 0 Å². The zero-order chi connectivity index (χ0) is 15.0. The fraction of sp³-hybridized carbons (Fsp3) is 0.643. The van der Waals surface area contributed by atoms with Crippen molar-refractivity contribution in [1.29, 1.82) is 0 Å². The molecule has 1 saturated carbocycles. The molecule has 6 nitrogen and oxygen atoms in total. The summed E-state index contributed by atoms with van der Waals surface area (Å²) in [5.41, 5.74) is 12.5. The van der Waals surface area contributed by atoms with Crippen LogP contribution in [0.4, 0.5) is 10.7 Å². The van der Waals surface area contributed by atoms with E-state index in [9.17, 15) is 4.79 Å². The topological polar surface area (TPSA) is 93.6 Å². The molecule has 1 aromatic rings. The van der Waals surface area contributed by atoms with Crippen LogP contribution in [0.25, 0.3) is 0 Å². The summed E-state index contributed by atoms with van der Waals surface area (Å²) in [5, 5.41) is 3.93. The molecule has 1 aromatic heterocycles. The SMILES string of the molecule is COc1c(N2CCC(N)CC2)sc(C(=O)NC2CC2)c1N. The van der Waals surface area contributed by atoms with Crippen LogP contribution in [-0.4, -0.2) is 38.2 Å². The first-order chi connectivity index (χ1) is 10.1. The van der Waals surface area contributed by atoms with Crippen LogP contribution < -0.4 is 26.4 Å². The van der Waals surface area contributed by atoms with E-state index in [1.165, 1.54) is 11.3 Å². The molecular formula is C14H22N4O2S. The molecule has 1 amide bonds. The fourth-order valence-electron chi connectivity index (χ4n) is 2.57. The molecule has 0 aromatic carbocycles. The molecule has 1 saturated heterocycles. The fourth-order valence-corrected chi connectivity index (χ4v) is 3.72. The maximum atomic E-state index is 12.3. The highest BCUT2D eigenvalue weighted by molar-refractivity contribution is 7.19. The molecule has 7 heteroatoms. The van der Waals surface area contributed by atoms with E-state index in [2.05, 4.69) is 10.2 Å². The van der Waals surface area contributed by atoms with Gasteiger partial charge in [0.25, 0.3) is 5.91 Å². The molecule has 5 N–H and O–H groups in total. The van der Waals surface area contributed by atoms with Crippen molar-refractivity contribution in [3.63, 3.8) is 0 Å². The van der Waals surface area contributed by atoms with Crippen molar-refractivity contribution < 1.29 is 9.53 Å². The number of rotatable bonds is 4. The number of nitrogens with one attached hydrogen (secondary N) is 1. The largest absolute Gasteiger partial charge is 0.492 e. The quantitative estimate of drug-likeness (QED) is 0.776. The Morgan fingerprint density at radius 1 is 1.33 bits per heavy atom. The molecule has 21 heavy (non-hydrogen) atoms. The van der Waals surface area contributed by atoms with Gasteiger partial charge in [-0.25, -0.2) is 0 Å². The average Bonchev–Trinajstić information content (AvgIpc) is 3.21. The van der Waals surface area contributed by atoms with E-state index in [1.807, 2.05) is 0 Å². The zero-order valence-electron chi connectivity index (χ0n) is 12.2. The number of thiophene rings is 1. The summed E-state index contributed by atoms with van der Waals surface area (Å²) in [5.74, 6) is 0.537. The monoisotopic (exact) mass is 310 g/mol. The van der Waals surface area contributed by atoms with E-state index in [-0.39, 0.29) is 11.9 Å². The summed E-state index contributed by atoms with van der Waals surface area (Å²) in [4.78, 5) is 15.0. The first-order valence-corrected chi connectivity index (χ1v) is 8.19. The molecule has 0 atom stereocenters. The third-order valence-corrected chi connectivity index (χ3v) is 5.28. The number of nitrogens with zero attached hydrogens (tertiary/aromatic N) is 1. The third kappa shape index (κ3) is 2.94. The van der Waals surface area contributed by atoms with Gasteiger partial charge in [-0.1, -0.05) is 0 Å². The molecule has 0 unspecified atom stereocenters. The highest BCUT2D eigenvalue weighted by Crippen LogP contribution is 2.45. The number of ether oxygens (including phenoxy) is 1. The van der Waals surface area contributed by atoms with Crippen molar-refractivity contribution in [1.82, 2.24) is 5.32 Å². The molecule has 2 heterocycles. The van der Waals surface area contributed by atoms with E-state index >= 15 is 0 Å². The molecule has 2 fully saturated rings. The molecular weight excluding hydrogens is 288 g/mol. The number of amides is 1. The van der Waals surface area contributed by atoms with Gasteiger partial charge in [0.15, 0.2) is 5.75 Å². The van der Waals surface area contributed by atoms with Gasteiger partial charge >= 0.3 is 0 Å². The lowest BCUT2D eigenvalue weighted by atomic mass is 10.1. The second-order valence-electron chi connectivity index (χ2n) is 5.76. The minimum absolute atomic E-state index is 0.0849. The first-order valence-electron chi connectivity index (χ1n) is 7.37. The van der Waals surface area contributed by atoms with Gasteiger partial charge in [0, 0.05) is 25.2 Å². The number of hydrogen-bond acceptors (Lipinski definition) is 6. The van der Waals surface area contributed by atoms with E-state index in [1.54, 1.807) is 7.11 Å². The van der Waals surface area contributed by atoms with Crippen LogP contribution in [0, 0.1) is 0 Å². The zero-order valence-corrected chi connectivity index (χ0v) is 13.0. The Kier molecular flexibility index (Phi) is 3.95. The van der Waals surface area contributed by atoms with Gasteiger partial charge in [0.05, 0.1) is 7.11 Å². The van der Waals surface area contributed by atoms with Crippen LogP contribution in [0.15, 0.2) is 0 Å². The van der Waals surface area contributed by atoms with E-state index in [0.29, 0.717) is 22.4 Å². The summed E-state index contributed by atoms with van der Waals surface area (Å²) in [6, 6.07) is 0.587. The van der Waals surface area contributed by atoms with E-state index < -0.39 is 0 Å². The number of piperidine rings is 1. The van der Waals surface area contributed by atoms with Gasteiger partial charge in [0.1, 0.15) is 15.6 Å². The van der Waals surface area contributed by atoms with Crippen LogP contribution in [-0.2, 0) is 0 Å². The maximum Gasteiger partial charge on any atom is 0.263 e. The third-order valence-electron chi connectivity index (χ3n) is 4.03. The second-order valence-corrected chi connectivity index (χ2v) is 6.75. The summed E-state index contributed by atoms with van der Waals surface area (Å²) < 4.78 is 5.44. The van der Waals surface area contributed by atoms with Gasteiger partial charge in [-0.05, 0) is 25.7 Å². The standard InChI is InChI=1S/C14H22N4O2S/c1-20-11-10(16)12(13(19)17-9-2-3-9)21-14(11)18-6-4-8(15)5-7-18/h8-9H,2-7,15-16H2,1H3,(H,17,19). The lowest BCUT2D eigenvalue weighted by Gasteiger charge is -2.31. The van der Waals surface area contributed by atoms with Crippen molar-refractivity contribution in [2.75, 3.05) is 30.8 Å².